The summed E-state index contributed by atoms with van der Waals surface area (Å²) in [6, 6.07) is 52.2. The van der Waals surface area contributed by atoms with Crippen molar-refractivity contribution in [3.8, 4) is 22.5 Å². The predicted octanol–water partition coefficient (Wildman–Crippen LogP) is 20.9. The predicted molar refractivity (Wildman–Crippen MR) is 378 cm³/mol. The first-order valence-electron chi connectivity index (χ1n) is 34.4. The van der Waals surface area contributed by atoms with E-state index in [0.717, 1.165) is 51.4 Å². The molecule has 88 heavy (non-hydrogen) atoms. The van der Waals surface area contributed by atoms with Crippen LogP contribution in [0, 0.1) is 0 Å². The maximum atomic E-state index is 6.98. The average molecular weight is 1170 g/mol. The first kappa shape index (κ1) is 62.1. The van der Waals surface area contributed by atoms with Gasteiger partial charge in [-0.05, 0) is 209 Å². The monoisotopic (exact) mass is 1170 g/mol. The molecule has 0 saturated carbocycles. The lowest BCUT2D eigenvalue weighted by Crippen LogP contribution is -2.41. The second-order valence-corrected chi connectivity index (χ2v) is 28.2. The van der Waals surface area contributed by atoms with Crippen molar-refractivity contribution in [3.05, 3.63) is 156 Å². The van der Waals surface area contributed by atoms with Crippen LogP contribution >= 0.6 is 0 Å². The highest BCUT2D eigenvalue weighted by Gasteiger charge is 2.53. The van der Waals surface area contributed by atoms with Gasteiger partial charge in [-0.15, -0.1) is 0 Å². The summed E-state index contributed by atoms with van der Waals surface area (Å²) in [6.45, 7) is 26.8. The summed E-state index contributed by atoms with van der Waals surface area (Å²) in [5.41, 5.74) is 15.9. The number of unbranched alkanes of at least 4 members (excludes halogenated alkanes) is 12. The van der Waals surface area contributed by atoms with Gasteiger partial charge in [-0.3, -0.25) is 0 Å². The molecule has 2 aliphatic rings. The number of fused-ring (bicyclic) bond motifs is 10. The first-order chi connectivity index (χ1) is 42.5. The highest BCUT2D eigenvalue weighted by molar-refractivity contribution is 6.63. The van der Waals surface area contributed by atoms with Crippen LogP contribution in [-0.2, 0) is 44.3 Å². The highest BCUT2D eigenvalue weighted by Crippen LogP contribution is 2.48. The van der Waals surface area contributed by atoms with Crippen LogP contribution < -0.4 is 10.9 Å². The maximum absolute atomic E-state index is 6.98. The Morgan fingerprint density at radius 3 is 0.932 bits per heavy atom. The van der Waals surface area contributed by atoms with Crippen LogP contribution in [0.25, 0.3) is 87.7 Å². The molecular weight excluding hydrogens is 1070 g/mol. The summed E-state index contributed by atoms with van der Waals surface area (Å²) in [5.74, 6) is 0. The Kier molecular flexibility index (Phi) is 18.1. The van der Waals surface area contributed by atoms with Gasteiger partial charge in [-0.2, -0.15) is 0 Å². The lowest BCUT2D eigenvalue weighted by Gasteiger charge is -2.32. The summed E-state index contributed by atoms with van der Waals surface area (Å²) in [5, 5.41) is 10.2. The Labute approximate surface area is 527 Å². The summed E-state index contributed by atoms with van der Waals surface area (Å²) in [4.78, 5) is 0. The molecule has 2 saturated heterocycles. The van der Waals surface area contributed by atoms with Crippen molar-refractivity contribution in [2.24, 2.45) is 0 Å². The first-order valence-corrected chi connectivity index (χ1v) is 34.4. The molecule has 2 aromatic heterocycles. The minimum atomic E-state index is -0.448. The molecule has 458 valence electrons. The molecule has 0 radical (unpaired) electrons. The van der Waals surface area contributed by atoms with Gasteiger partial charge in [0.15, 0.2) is 0 Å². The Morgan fingerprint density at radius 2 is 0.602 bits per heavy atom. The van der Waals surface area contributed by atoms with Crippen LogP contribution in [0.3, 0.4) is 0 Å². The summed E-state index contributed by atoms with van der Waals surface area (Å²) in [6.07, 6.45) is 22.8. The van der Waals surface area contributed by atoms with Crippen molar-refractivity contribution in [2.45, 2.75) is 234 Å². The SMILES string of the molecule is CCCCCCc1cc(-n2c3ccccc3c3c4ccccc4c(-c4cc5c(c6ccccc46)c4ccccc4n5-c4cc(CCCCCC)c(B5OC(C)(C)C(C)(C)O5)cc4CCCCCC)cc32)c(CCCCCC)cc1B1OC(C)(C)C(C)(C)O1. The molecule has 0 spiro atoms. The average Bonchev–Trinajstić information content (AvgIpc) is 2.13. The van der Waals surface area contributed by atoms with E-state index in [1.54, 1.807) is 0 Å². The Hall–Kier alpha value is -6.15. The smallest absolute Gasteiger partial charge is 0.399 e. The van der Waals surface area contributed by atoms with Crippen LogP contribution in [0.5, 0.6) is 0 Å². The van der Waals surface area contributed by atoms with Crippen molar-refractivity contribution in [3.63, 3.8) is 0 Å². The van der Waals surface area contributed by atoms with Crippen LogP contribution in [0.4, 0.5) is 0 Å². The molecule has 0 bridgehead atoms. The minimum Gasteiger partial charge on any atom is -0.399 e. The second-order valence-electron chi connectivity index (χ2n) is 28.2. The highest BCUT2D eigenvalue weighted by atomic mass is 16.7. The quantitative estimate of drug-likeness (QED) is 0.0423. The number of benzene rings is 8. The number of aryl methyl sites for hydroxylation is 4. The second kappa shape index (κ2) is 25.6. The van der Waals surface area contributed by atoms with Gasteiger partial charge in [0.2, 0.25) is 0 Å². The molecule has 8 aromatic carbocycles. The van der Waals surface area contributed by atoms with E-state index in [9.17, 15) is 0 Å². The lowest BCUT2D eigenvalue weighted by atomic mass is 9.73. The fourth-order valence-electron chi connectivity index (χ4n) is 14.6. The number of aromatic nitrogens is 2. The van der Waals surface area contributed by atoms with E-state index in [2.05, 4.69) is 226 Å². The molecule has 0 amide bonds. The molecular formula is C80H98B2N2O4. The summed E-state index contributed by atoms with van der Waals surface area (Å²) < 4.78 is 33.2. The summed E-state index contributed by atoms with van der Waals surface area (Å²) in [7, 11) is -0.880. The van der Waals surface area contributed by atoms with Crippen LogP contribution in [0.15, 0.2) is 133 Å². The van der Waals surface area contributed by atoms with Crippen molar-refractivity contribution in [1.82, 2.24) is 9.13 Å². The molecule has 2 fully saturated rings. The zero-order valence-electron chi connectivity index (χ0n) is 55.5. The molecule has 0 aliphatic carbocycles. The van der Waals surface area contributed by atoms with Crippen molar-refractivity contribution >= 4 is 90.3 Å². The van der Waals surface area contributed by atoms with Crippen molar-refractivity contribution < 1.29 is 18.6 Å². The molecule has 12 rings (SSSR count). The largest absolute Gasteiger partial charge is 0.495 e. The van der Waals surface area contributed by atoms with Gasteiger partial charge in [0.05, 0.1) is 44.5 Å². The van der Waals surface area contributed by atoms with E-state index in [-0.39, 0.29) is 0 Å². The number of hydrogen-bond donors (Lipinski definition) is 0. The zero-order chi connectivity index (χ0) is 61.5. The van der Waals surface area contributed by atoms with E-state index in [4.69, 9.17) is 18.6 Å². The molecule has 10 aromatic rings. The topological polar surface area (TPSA) is 46.8 Å². The van der Waals surface area contributed by atoms with E-state index in [1.165, 1.54) is 198 Å². The van der Waals surface area contributed by atoms with Gasteiger partial charge in [-0.1, -0.05) is 202 Å². The molecule has 8 heteroatoms. The van der Waals surface area contributed by atoms with Gasteiger partial charge in [0, 0.05) is 32.9 Å². The van der Waals surface area contributed by atoms with E-state index < -0.39 is 36.6 Å². The standard InChI is InChI=1S/C80H98B2N2O4/c1-13-17-21-25-37-55-51-71(57(39-27-23-19-15-3)49-67(55)81-85-77(5,6)78(7,8)86-81)83-69-47-35-33-45-63(69)75-61-43-31-29-41-59(61)65(53-73(75)83)66-54-74-76(62-44-32-30-42-60(62)66)64-46-34-36-48-70(64)84(74)72-52-56(38-26-22-18-14-2)68(50-58(72)40-28-24-20-16-4)82-87-79(9,10)80(11,12)88-82/h29-36,41-54H,13-28,37-40H2,1-12H3. The van der Waals surface area contributed by atoms with Crippen LogP contribution in [0.1, 0.15) is 208 Å². The third-order valence-electron chi connectivity index (χ3n) is 21.0. The number of rotatable bonds is 25. The van der Waals surface area contributed by atoms with Crippen molar-refractivity contribution in [2.75, 3.05) is 0 Å². The van der Waals surface area contributed by atoms with Crippen LogP contribution in [-0.4, -0.2) is 45.8 Å². The molecule has 2 aliphatic heterocycles. The van der Waals surface area contributed by atoms with Crippen LogP contribution in [0.2, 0.25) is 0 Å². The molecule has 6 nitrogen and oxygen atoms in total. The Balaban J connectivity index is 1.14. The number of para-hydroxylation sites is 2. The molecule has 0 atom stereocenters. The van der Waals surface area contributed by atoms with E-state index >= 15 is 0 Å². The Bertz CT molecular complexity index is 3860. The molecule has 0 unspecified atom stereocenters. The molecule has 0 N–H and O–H groups in total. The van der Waals surface area contributed by atoms with Gasteiger partial charge in [0.1, 0.15) is 0 Å². The summed E-state index contributed by atoms with van der Waals surface area (Å²) >= 11 is 0. The maximum Gasteiger partial charge on any atom is 0.495 e. The van der Waals surface area contributed by atoms with Gasteiger partial charge >= 0.3 is 14.2 Å². The third kappa shape index (κ3) is 11.5. The zero-order valence-corrected chi connectivity index (χ0v) is 55.5. The van der Waals surface area contributed by atoms with Gasteiger partial charge in [-0.25, -0.2) is 0 Å². The fraction of sp³-hybridized carbons (Fsp3) is 0.450. The number of hydrogen-bond acceptors (Lipinski definition) is 4. The van der Waals surface area contributed by atoms with Gasteiger partial charge < -0.3 is 27.8 Å². The normalized spacial score (nSPS) is 16.3. The van der Waals surface area contributed by atoms with Gasteiger partial charge in [0.25, 0.3) is 0 Å². The van der Waals surface area contributed by atoms with Crippen molar-refractivity contribution in [1.29, 1.82) is 0 Å². The van der Waals surface area contributed by atoms with E-state index in [0.29, 0.717) is 0 Å². The molecule has 4 heterocycles. The third-order valence-corrected chi connectivity index (χ3v) is 21.0. The minimum absolute atomic E-state index is 0.440. The number of nitrogens with zero attached hydrogens (tertiary/aromatic N) is 2. The fourth-order valence-corrected chi connectivity index (χ4v) is 14.6. The van der Waals surface area contributed by atoms with E-state index in [1.807, 2.05) is 0 Å². The Morgan fingerprint density at radius 1 is 0.307 bits per heavy atom. The lowest BCUT2D eigenvalue weighted by molar-refractivity contribution is 0.00578.